The second-order valence-electron chi connectivity index (χ2n) is 5.80. The molecule has 0 unspecified atom stereocenters. The molecule has 2 heteroatoms. The normalized spacial score (nSPS) is 10.0. The van der Waals surface area contributed by atoms with Crippen LogP contribution >= 0.6 is 0 Å². The first-order valence-corrected chi connectivity index (χ1v) is 7.69. The van der Waals surface area contributed by atoms with Crippen LogP contribution in [0.5, 0.6) is 0 Å². The molecule has 0 fully saturated rings. The summed E-state index contributed by atoms with van der Waals surface area (Å²) in [7, 11) is 0. The van der Waals surface area contributed by atoms with E-state index in [9.17, 15) is 0 Å². The van der Waals surface area contributed by atoms with Crippen LogP contribution in [0.15, 0.2) is 60.7 Å². The van der Waals surface area contributed by atoms with Gasteiger partial charge in [0.05, 0.1) is 13.1 Å². The first-order valence-electron chi connectivity index (χ1n) is 7.69. The Morgan fingerprint density at radius 3 is 1.25 bits per heavy atom. The molecule has 0 bridgehead atoms. The number of benzene rings is 3. The maximum absolute atomic E-state index is 7.09. The second kappa shape index (κ2) is 6.41. The van der Waals surface area contributed by atoms with Crippen LogP contribution in [0.3, 0.4) is 0 Å². The third-order valence-electron chi connectivity index (χ3n) is 4.19. The molecule has 0 aliphatic rings. The minimum Gasteiger partial charge on any atom is -0.238 e. The Bertz CT molecular complexity index is 901. The molecular weight excluding hydrogens is 292 g/mol. The van der Waals surface area contributed by atoms with Crippen molar-refractivity contribution in [3.8, 4) is 22.3 Å². The first-order chi connectivity index (χ1) is 11.6. The predicted octanol–water partition coefficient (Wildman–Crippen LogP) is 6.74. The highest BCUT2D eigenvalue weighted by molar-refractivity contribution is 5.75. The fourth-order valence-corrected chi connectivity index (χ4v) is 2.91. The summed E-state index contributed by atoms with van der Waals surface area (Å²) in [6, 6.07) is 20.0. The molecule has 0 aliphatic carbocycles. The van der Waals surface area contributed by atoms with Gasteiger partial charge in [0.2, 0.25) is 0 Å². The Morgan fingerprint density at radius 2 is 0.958 bits per heavy atom. The molecule has 0 aromatic heterocycles. The molecule has 0 atom stereocenters. The Balaban J connectivity index is 1.97. The van der Waals surface area contributed by atoms with Crippen molar-refractivity contribution in [2.24, 2.45) is 0 Å². The van der Waals surface area contributed by atoms with E-state index in [4.69, 9.17) is 13.1 Å². The van der Waals surface area contributed by atoms with Crippen molar-refractivity contribution >= 4 is 11.4 Å². The molecule has 0 heterocycles. The molecule has 0 radical (unpaired) electrons. The van der Waals surface area contributed by atoms with Crippen LogP contribution in [0.4, 0.5) is 11.4 Å². The lowest BCUT2D eigenvalue weighted by Gasteiger charge is -2.10. The minimum atomic E-state index is 0.670. The summed E-state index contributed by atoms with van der Waals surface area (Å²) in [5.41, 5.74) is 8.13. The van der Waals surface area contributed by atoms with Crippen molar-refractivity contribution in [1.82, 2.24) is 0 Å². The van der Waals surface area contributed by atoms with Crippen molar-refractivity contribution in [2.75, 3.05) is 0 Å². The molecule has 3 rings (SSSR count). The second-order valence-corrected chi connectivity index (χ2v) is 5.80. The average Bonchev–Trinajstić information content (AvgIpc) is 2.61. The fraction of sp³-hybridized carbons (Fsp3) is 0.0909. The standard InChI is InChI=1S/C22H16N2/c1-15-13-19(23-3)9-11-21(15)17-5-7-18(8-6-17)22-12-10-20(24-4)14-16(22)2/h5-14H,1-2H3. The zero-order chi connectivity index (χ0) is 17.1. The van der Waals surface area contributed by atoms with Gasteiger partial charge in [0.25, 0.3) is 0 Å². The third kappa shape index (κ3) is 2.91. The van der Waals surface area contributed by atoms with Gasteiger partial charge >= 0.3 is 0 Å². The summed E-state index contributed by atoms with van der Waals surface area (Å²) in [4.78, 5) is 6.95. The lowest BCUT2D eigenvalue weighted by atomic mass is 9.95. The molecule has 0 N–H and O–H groups in total. The Hall–Kier alpha value is -3.36. The van der Waals surface area contributed by atoms with Gasteiger partial charge in [-0.2, -0.15) is 0 Å². The summed E-state index contributed by atoms with van der Waals surface area (Å²) in [6.07, 6.45) is 0. The van der Waals surface area contributed by atoms with Crippen molar-refractivity contribution in [3.05, 3.63) is 94.6 Å². The van der Waals surface area contributed by atoms with Gasteiger partial charge in [-0.3, -0.25) is 0 Å². The van der Waals surface area contributed by atoms with Gasteiger partial charge in [0, 0.05) is 0 Å². The van der Waals surface area contributed by atoms with Crippen molar-refractivity contribution in [1.29, 1.82) is 0 Å². The van der Waals surface area contributed by atoms with Gasteiger partial charge < -0.3 is 0 Å². The van der Waals surface area contributed by atoms with Gasteiger partial charge in [-0.25, -0.2) is 9.69 Å². The number of hydrogen-bond donors (Lipinski definition) is 0. The average molecular weight is 308 g/mol. The molecule has 3 aromatic rings. The summed E-state index contributed by atoms with van der Waals surface area (Å²) in [5, 5.41) is 0. The van der Waals surface area contributed by atoms with E-state index >= 15 is 0 Å². The maximum atomic E-state index is 7.09. The van der Waals surface area contributed by atoms with Crippen LogP contribution in [-0.4, -0.2) is 0 Å². The van der Waals surface area contributed by atoms with Crippen LogP contribution in [0.2, 0.25) is 0 Å². The molecule has 0 aliphatic heterocycles. The van der Waals surface area contributed by atoms with Crippen LogP contribution in [-0.2, 0) is 0 Å². The monoisotopic (exact) mass is 308 g/mol. The van der Waals surface area contributed by atoms with E-state index in [2.05, 4.69) is 34.0 Å². The van der Waals surface area contributed by atoms with Crippen molar-refractivity contribution in [3.63, 3.8) is 0 Å². The highest BCUT2D eigenvalue weighted by atomic mass is 14.6. The molecule has 0 saturated carbocycles. The molecule has 2 nitrogen and oxygen atoms in total. The zero-order valence-electron chi connectivity index (χ0n) is 13.7. The number of rotatable bonds is 2. The van der Waals surface area contributed by atoms with E-state index in [0.29, 0.717) is 11.4 Å². The van der Waals surface area contributed by atoms with Crippen molar-refractivity contribution < 1.29 is 0 Å². The Morgan fingerprint density at radius 1 is 0.583 bits per heavy atom. The Kier molecular flexibility index (Phi) is 4.15. The summed E-state index contributed by atoms with van der Waals surface area (Å²) < 4.78 is 0. The number of aryl methyl sites for hydroxylation is 2. The topological polar surface area (TPSA) is 8.72 Å². The molecule has 24 heavy (non-hydrogen) atoms. The Labute approximate surface area is 142 Å². The van der Waals surface area contributed by atoms with Gasteiger partial charge in [-0.1, -0.05) is 71.8 Å². The molecule has 0 spiro atoms. The van der Waals surface area contributed by atoms with E-state index in [1.54, 1.807) is 0 Å². The van der Waals surface area contributed by atoms with E-state index in [1.807, 2.05) is 50.2 Å². The molecule has 0 saturated heterocycles. The van der Waals surface area contributed by atoms with E-state index in [0.717, 1.165) is 33.4 Å². The summed E-state index contributed by atoms with van der Waals surface area (Å²) in [6.45, 7) is 18.3. The van der Waals surface area contributed by atoms with Crippen molar-refractivity contribution in [2.45, 2.75) is 13.8 Å². The molecular formula is C22H16N2. The van der Waals surface area contributed by atoms with Gasteiger partial charge in [0.1, 0.15) is 0 Å². The van der Waals surface area contributed by atoms with Crippen LogP contribution < -0.4 is 0 Å². The molecule has 3 aromatic carbocycles. The zero-order valence-corrected chi connectivity index (χ0v) is 13.7. The lowest BCUT2D eigenvalue weighted by Crippen LogP contribution is -1.85. The summed E-state index contributed by atoms with van der Waals surface area (Å²) in [5.74, 6) is 0. The first kappa shape index (κ1) is 15.5. The molecule has 0 amide bonds. The maximum Gasteiger partial charge on any atom is 0.187 e. The number of hydrogen-bond acceptors (Lipinski definition) is 0. The third-order valence-corrected chi connectivity index (χ3v) is 4.19. The van der Waals surface area contributed by atoms with Gasteiger partial charge in [-0.05, 0) is 36.1 Å². The van der Waals surface area contributed by atoms with E-state index < -0.39 is 0 Å². The van der Waals surface area contributed by atoms with Gasteiger partial charge in [-0.15, -0.1) is 0 Å². The van der Waals surface area contributed by atoms with Crippen LogP contribution in [0.25, 0.3) is 31.9 Å². The highest BCUT2D eigenvalue weighted by Crippen LogP contribution is 2.31. The highest BCUT2D eigenvalue weighted by Gasteiger charge is 2.06. The quantitative estimate of drug-likeness (QED) is 0.463. The van der Waals surface area contributed by atoms with Gasteiger partial charge in [0.15, 0.2) is 11.4 Å². The SMILES string of the molecule is [C-]#[N+]c1ccc(-c2ccc(-c3ccc([N+]#[C-])cc3C)cc2)c(C)c1. The molecule has 114 valence electrons. The lowest BCUT2D eigenvalue weighted by molar-refractivity contribution is 1.45. The van der Waals surface area contributed by atoms with E-state index in [1.165, 1.54) is 0 Å². The predicted molar refractivity (Wildman–Crippen MR) is 99.3 cm³/mol. The largest absolute Gasteiger partial charge is 0.238 e. The number of nitrogens with zero attached hydrogens (tertiary/aromatic N) is 2. The minimum absolute atomic E-state index is 0.670. The van der Waals surface area contributed by atoms with Crippen LogP contribution in [0, 0.1) is 27.0 Å². The van der Waals surface area contributed by atoms with E-state index in [-0.39, 0.29) is 0 Å². The fourth-order valence-electron chi connectivity index (χ4n) is 2.91. The smallest absolute Gasteiger partial charge is 0.187 e. The van der Waals surface area contributed by atoms with Crippen LogP contribution in [0.1, 0.15) is 11.1 Å². The summed E-state index contributed by atoms with van der Waals surface area (Å²) >= 11 is 0.